The minimum absolute atomic E-state index is 0.915. The molecular formula is C16H20N4. The Hall–Kier alpha value is -1.78. The second-order valence-electron chi connectivity index (χ2n) is 5.11. The molecule has 0 amide bonds. The van der Waals surface area contributed by atoms with Gasteiger partial charge in [-0.05, 0) is 24.3 Å². The first-order valence-corrected chi connectivity index (χ1v) is 7.19. The van der Waals surface area contributed by atoms with E-state index in [-0.39, 0.29) is 0 Å². The van der Waals surface area contributed by atoms with Crippen LogP contribution in [0.5, 0.6) is 0 Å². The summed E-state index contributed by atoms with van der Waals surface area (Å²) < 4.78 is 0. The van der Waals surface area contributed by atoms with Gasteiger partial charge in [-0.2, -0.15) is 0 Å². The summed E-state index contributed by atoms with van der Waals surface area (Å²) in [5.41, 5.74) is 1.83. The molecule has 0 unspecified atom stereocenters. The first-order valence-electron chi connectivity index (χ1n) is 7.19. The summed E-state index contributed by atoms with van der Waals surface area (Å²) >= 11 is 0. The summed E-state index contributed by atoms with van der Waals surface area (Å²) in [6.07, 6.45) is 3.54. The molecule has 20 heavy (non-hydrogen) atoms. The molecule has 2 bridgehead atoms. The predicted octanol–water partition coefficient (Wildman–Crippen LogP) is 1.76. The highest BCUT2D eigenvalue weighted by Gasteiger charge is 2.21. The fourth-order valence-corrected chi connectivity index (χ4v) is 2.55. The molecule has 3 aliphatic rings. The van der Waals surface area contributed by atoms with Gasteiger partial charge in [0.2, 0.25) is 0 Å². The Labute approximate surface area is 120 Å². The standard InChI is InChI=1S/C10H8N2.C6H12N2/c1-3-7-11-9(5-1)10-6-2-4-8-12-10;1-2-8-5-3-7(1)4-6-8/h1-8H;1-6H2. The van der Waals surface area contributed by atoms with Gasteiger partial charge in [0.1, 0.15) is 0 Å². The molecule has 0 spiro atoms. The molecule has 0 saturated carbocycles. The van der Waals surface area contributed by atoms with Crippen LogP contribution in [0.25, 0.3) is 11.4 Å². The van der Waals surface area contributed by atoms with Crippen LogP contribution in [0, 0.1) is 0 Å². The highest BCUT2D eigenvalue weighted by atomic mass is 15.3. The van der Waals surface area contributed by atoms with Crippen molar-refractivity contribution in [2.75, 3.05) is 39.3 Å². The second kappa shape index (κ2) is 6.59. The van der Waals surface area contributed by atoms with Gasteiger partial charge in [-0.15, -0.1) is 0 Å². The van der Waals surface area contributed by atoms with Gasteiger partial charge in [0.15, 0.2) is 0 Å². The number of nitrogens with zero attached hydrogens (tertiary/aromatic N) is 4. The van der Waals surface area contributed by atoms with Crippen LogP contribution in [-0.2, 0) is 0 Å². The fraction of sp³-hybridized carbons (Fsp3) is 0.375. The molecule has 104 valence electrons. The summed E-state index contributed by atoms with van der Waals surface area (Å²) in [6.45, 7) is 7.92. The third-order valence-electron chi connectivity index (χ3n) is 3.79. The van der Waals surface area contributed by atoms with E-state index in [2.05, 4.69) is 19.8 Å². The second-order valence-corrected chi connectivity index (χ2v) is 5.11. The minimum Gasteiger partial charge on any atom is -0.300 e. The van der Waals surface area contributed by atoms with Crippen LogP contribution >= 0.6 is 0 Å². The number of piperazine rings is 3. The molecule has 4 heteroatoms. The van der Waals surface area contributed by atoms with E-state index in [1.165, 1.54) is 39.3 Å². The lowest BCUT2D eigenvalue weighted by Gasteiger charge is -2.41. The Morgan fingerprint density at radius 1 is 0.600 bits per heavy atom. The molecule has 4 nitrogen and oxygen atoms in total. The Kier molecular flexibility index (Phi) is 4.35. The van der Waals surface area contributed by atoms with Crippen molar-refractivity contribution < 1.29 is 0 Å². The molecule has 5 heterocycles. The van der Waals surface area contributed by atoms with Crippen molar-refractivity contribution in [2.24, 2.45) is 0 Å². The van der Waals surface area contributed by atoms with E-state index in [0.29, 0.717) is 0 Å². The predicted molar refractivity (Wildman–Crippen MR) is 80.3 cm³/mol. The average Bonchev–Trinajstić information content (AvgIpc) is 2.59. The zero-order valence-electron chi connectivity index (χ0n) is 11.7. The molecule has 0 N–H and O–H groups in total. The van der Waals surface area contributed by atoms with E-state index in [4.69, 9.17) is 0 Å². The van der Waals surface area contributed by atoms with Gasteiger partial charge in [-0.3, -0.25) is 19.8 Å². The van der Waals surface area contributed by atoms with Gasteiger partial charge in [-0.1, -0.05) is 12.1 Å². The zero-order chi connectivity index (χ0) is 13.6. The smallest absolute Gasteiger partial charge is 0.0886 e. The third-order valence-corrected chi connectivity index (χ3v) is 3.79. The van der Waals surface area contributed by atoms with Gasteiger partial charge in [0.25, 0.3) is 0 Å². The largest absolute Gasteiger partial charge is 0.300 e. The molecule has 0 aliphatic carbocycles. The monoisotopic (exact) mass is 268 g/mol. The minimum atomic E-state index is 0.915. The first-order chi connectivity index (χ1) is 9.92. The number of pyridine rings is 2. The van der Waals surface area contributed by atoms with E-state index in [0.717, 1.165) is 11.4 Å². The van der Waals surface area contributed by atoms with Gasteiger partial charge >= 0.3 is 0 Å². The van der Waals surface area contributed by atoms with Crippen LogP contribution in [0.4, 0.5) is 0 Å². The molecule has 3 saturated heterocycles. The maximum atomic E-state index is 4.19. The molecule has 2 aromatic heterocycles. The van der Waals surface area contributed by atoms with Crippen molar-refractivity contribution in [1.29, 1.82) is 0 Å². The van der Waals surface area contributed by atoms with Crippen LogP contribution in [0.2, 0.25) is 0 Å². The third kappa shape index (κ3) is 3.40. The van der Waals surface area contributed by atoms with Gasteiger partial charge < -0.3 is 0 Å². The molecule has 3 fully saturated rings. The van der Waals surface area contributed by atoms with Crippen LogP contribution in [-0.4, -0.2) is 59.0 Å². The van der Waals surface area contributed by atoms with E-state index >= 15 is 0 Å². The van der Waals surface area contributed by atoms with Crippen molar-refractivity contribution in [3.05, 3.63) is 48.8 Å². The molecule has 3 aliphatic heterocycles. The lowest BCUT2D eigenvalue weighted by Crippen LogP contribution is -2.55. The number of hydrogen-bond donors (Lipinski definition) is 0. The Balaban J connectivity index is 0.000000131. The molecule has 0 radical (unpaired) electrons. The van der Waals surface area contributed by atoms with E-state index < -0.39 is 0 Å². The van der Waals surface area contributed by atoms with Crippen molar-refractivity contribution >= 4 is 0 Å². The zero-order valence-corrected chi connectivity index (χ0v) is 11.7. The molecular weight excluding hydrogens is 248 g/mol. The normalized spacial score (nSPS) is 23.8. The summed E-state index contributed by atoms with van der Waals surface area (Å²) in [5, 5.41) is 0. The molecule has 0 atom stereocenters. The van der Waals surface area contributed by atoms with Crippen molar-refractivity contribution in [2.45, 2.75) is 0 Å². The fourth-order valence-electron chi connectivity index (χ4n) is 2.55. The number of fused-ring (bicyclic) bond motifs is 3. The first kappa shape index (κ1) is 13.2. The summed E-state index contributed by atoms with van der Waals surface area (Å²) in [7, 11) is 0. The van der Waals surface area contributed by atoms with Gasteiger partial charge in [0.05, 0.1) is 11.4 Å². The molecule has 2 aromatic rings. The molecule has 0 aromatic carbocycles. The van der Waals surface area contributed by atoms with Crippen LogP contribution < -0.4 is 0 Å². The Morgan fingerprint density at radius 2 is 1.00 bits per heavy atom. The summed E-state index contributed by atoms with van der Waals surface area (Å²) in [5.74, 6) is 0. The summed E-state index contributed by atoms with van der Waals surface area (Å²) in [6, 6.07) is 11.6. The highest BCUT2D eigenvalue weighted by molar-refractivity contribution is 5.52. The lowest BCUT2D eigenvalue weighted by atomic mass is 10.2. The lowest BCUT2D eigenvalue weighted by molar-refractivity contribution is 0.0647. The van der Waals surface area contributed by atoms with E-state index in [1.807, 2.05) is 36.4 Å². The maximum Gasteiger partial charge on any atom is 0.0886 e. The number of aromatic nitrogens is 2. The average molecular weight is 268 g/mol. The number of rotatable bonds is 1. The van der Waals surface area contributed by atoms with Crippen LogP contribution in [0.3, 0.4) is 0 Å². The Bertz CT molecular complexity index is 446. The van der Waals surface area contributed by atoms with Crippen molar-refractivity contribution in [3.63, 3.8) is 0 Å². The topological polar surface area (TPSA) is 32.3 Å². The summed E-state index contributed by atoms with van der Waals surface area (Å²) in [4.78, 5) is 13.5. The number of hydrogen-bond acceptors (Lipinski definition) is 4. The highest BCUT2D eigenvalue weighted by Crippen LogP contribution is 2.10. The van der Waals surface area contributed by atoms with Gasteiger partial charge in [-0.25, -0.2) is 0 Å². The van der Waals surface area contributed by atoms with Crippen LogP contribution in [0.15, 0.2) is 48.8 Å². The van der Waals surface area contributed by atoms with Crippen LogP contribution in [0.1, 0.15) is 0 Å². The van der Waals surface area contributed by atoms with Crippen molar-refractivity contribution in [1.82, 2.24) is 19.8 Å². The molecule has 5 rings (SSSR count). The van der Waals surface area contributed by atoms with Gasteiger partial charge in [0, 0.05) is 51.7 Å². The van der Waals surface area contributed by atoms with E-state index in [9.17, 15) is 0 Å². The van der Waals surface area contributed by atoms with E-state index in [1.54, 1.807) is 12.4 Å². The Morgan fingerprint density at radius 3 is 1.25 bits per heavy atom. The van der Waals surface area contributed by atoms with Crippen molar-refractivity contribution in [3.8, 4) is 11.4 Å². The quantitative estimate of drug-likeness (QED) is 0.789. The maximum absolute atomic E-state index is 4.19. The SMILES string of the molecule is C1CN2CCN1CC2.c1ccc(-c2ccccn2)nc1.